The van der Waals surface area contributed by atoms with Crippen molar-refractivity contribution < 1.29 is 19.0 Å². The molecule has 0 aliphatic carbocycles. The number of ether oxygens (including phenoxy) is 1. The largest absolute Gasteiger partial charge is 0.505 e. The van der Waals surface area contributed by atoms with Gasteiger partial charge in [0.1, 0.15) is 6.10 Å². The average Bonchev–Trinajstić information content (AvgIpc) is 2.99. The molecular formula is C35H46FN3O3. The van der Waals surface area contributed by atoms with Crippen LogP contribution in [-0.2, 0) is 11.3 Å². The molecule has 0 atom stereocenters. The zero-order valence-electron chi connectivity index (χ0n) is 24.9. The van der Waals surface area contributed by atoms with Crippen LogP contribution in [0.25, 0.3) is 11.1 Å². The molecule has 0 unspecified atom stereocenters. The molecule has 3 aromatic carbocycles. The number of hydrogen-bond acceptors (Lipinski definition) is 5. The molecule has 1 fully saturated rings. The molecular weight excluding hydrogens is 529 g/mol. The van der Waals surface area contributed by atoms with Crippen LogP contribution in [0.1, 0.15) is 63.4 Å². The van der Waals surface area contributed by atoms with Gasteiger partial charge in [0.2, 0.25) is 0 Å². The molecule has 0 radical (unpaired) electrons. The highest BCUT2D eigenvalue weighted by Gasteiger charge is 2.22. The van der Waals surface area contributed by atoms with Crippen molar-refractivity contribution in [2.45, 2.75) is 70.4 Å². The lowest BCUT2D eigenvalue weighted by Crippen LogP contribution is -2.38. The predicted octanol–water partition coefficient (Wildman–Crippen LogP) is 8.07. The van der Waals surface area contributed by atoms with Gasteiger partial charge in [-0.15, -0.1) is 0 Å². The monoisotopic (exact) mass is 575 g/mol. The van der Waals surface area contributed by atoms with Gasteiger partial charge in [-0.1, -0.05) is 86.7 Å². The maximum Gasteiger partial charge on any atom is 0.411 e. The first-order chi connectivity index (χ1) is 20.5. The number of benzene rings is 3. The lowest BCUT2D eigenvalue weighted by atomic mass is 10.0. The Morgan fingerprint density at radius 1 is 0.929 bits per heavy atom. The van der Waals surface area contributed by atoms with E-state index < -0.39 is 5.82 Å². The Bertz CT molecular complexity index is 1230. The molecule has 0 bridgehead atoms. The van der Waals surface area contributed by atoms with Crippen LogP contribution in [0.15, 0.2) is 72.8 Å². The van der Waals surface area contributed by atoms with E-state index >= 15 is 0 Å². The first kappa shape index (κ1) is 31.5. The molecule has 6 nitrogen and oxygen atoms in total. The molecule has 1 aliphatic heterocycles. The first-order valence-corrected chi connectivity index (χ1v) is 15.5. The summed E-state index contributed by atoms with van der Waals surface area (Å²) in [6.45, 7) is 4.79. The Balaban J connectivity index is 1.01. The van der Waals surface area contributed by atoms with E-state index in [2.05, 4.69) is 22.2 Å². The third kappa shape index (κ3) is 10.4. The Kier molecular flexibility index (Phi) is 12.7. The summed E-state index contributed by atoms with van der Waals surface area (Å²) in [5.74, 6) is -0.847. The van der Waals surface area contributed by atoms with Crippen LogP contribution in [-0.4, -0.2) is 60.3 Å². The summed E-state index contributed by atoms with van der Waals surface area (Å²) < 4.78 is 19.0. The second kappa shape index (κ2) is 16.9. The molecule has 1 aliphatic rings. The molecule has 3 aromatic rings. The number of para-hydroxylation sites is 1. The highest BCUT2D eigenvalue weighted by atomic mass is 19.1. The minimum absolute atomic E-state index is 0.0352. The Labute approximate surface area is 250 Å². The lowest BCUT2D eigenvalue weighted by Gasteiger charge is -2.31. The van der Waals surface area contributed by atoms with Gasteiger partial charge in [-0.05, 0) is 75.1 Å². The number of phenols is 1. The first-order valence-electron chi connectivity index (χ1n) is 15.5. The molecule has 4 rings (SSSR count). The summed E-state index contributed by atoms with van der Waals surface area (Å²) in [5.41, 5.74) is 3.74. The number of nitrogens with one attached hydrogen (secondary N) is 1. The van der Waals surface area contributed by atoms with Crippen LogP contribution >= 0.6 is 0 Å². The van der Waals surface area contributed by atoms with Crippen LogP contribution in [0.5, 0.6) is 5.75 Å². The molecule has 226 valence electrons. The smallest absolute Gasteiger partial charge is 0.411 e. The van der Waals surface area contributed by atoms with Gasteiger partial charge in [-0.25, -0.2) is 9.18 Å². The number of amides is 1. The average molecular weight is 576 g/mol. The Hall–Kier alpha value is -3.42. The van der Waals surface area contributed by atoms with Gasteiger partial charge in [-0.2, -0.15) is 0 Å². The molecule has 0 saturated carbocycles. The van der Waals surface area contributed by atoms with Gasteiger partial charge >= 0.3 is 6.09 Å². The zero-order valence-corrected chi connectivity index (χ0v) is 24.9. The van der Waals surface area contributed by atoms with Crippen molar-refractivity contribution in [1.29, 1.82) is 0 Å². The highest BCUT2D eigenvalue weighted by molar-refractivity contribution is 5.91. The highest BCUT2D eigenvalue weighted by Crippen LogP contribution is 2.28. The summed E-state index contributed by atoms with van der Waals surface area (Å²) in [5, 5.41) is 12.5. The normalized spacial score (nSPS) is 14.3. The molecule has 7 heteroatoms. The van der Waals surface area contributed by atoms with E-state index in [-0.39, 0.29) is 17.9 Å². The van der Waals surface area contributed by atoms with Crippen molar-refractivity contribution in [3.8, 4) is 16.9 Å². The van der Waals surface area contributed by atoms with Gasteiger partial charge in [-0.3, -0.25) is 5.32 Å². The van der Waals surface area contributed by atoms with Crippen molar-refractivity contribution >= 4 is 11.8 Å². The quantitative estimate of drug-likeness (QED) is 0.179. The van der Waals surface area contributed by atoms with Gasteiger partial charge in [0.05, 0.1) is 5.69 Å². The number of carbonyl (C=O) groups is 1. The van der Waals surface area contributed by atoms with Gasteiger partial charge in [0, 0.05) is 25.2 Å². The van der Waals surface area contributed by atoms with Crippen LogP contribution in [0.3, 0.4) is 0 Å². The minimum Gasteiger partial charge on any atom is -0.505 e. The summed E-state index contributed by atoms with van der Waals surface area (Å²) in [6.07, 6.45) is 9.99. The number of carbonyl (C=O) groups excluding carboxylic acids is 1. The Morgan fingerprint density at radius 2 is 1.60 bits per heavy atom. The number of anilines is 1. The fourth-order valence-corrected chi connectivity index (χ4v) is 5.65. The SMILES string of the molecule is CN(CCCCCCCCCN1CCC(OC(=O)Nc2ccccc2-c2ccccc2)CC1)Cc1ccc(F)c(O)c1. The molecule has 1 saturated heterocycles. The second-order valence-corrected chi connectivity index (χ2v) is 11.5. The number of halogens is 1. The van der Waals surface area contributed by atoms with Crippen molar-refractivity contribution in [3.05, 3.63) is 84.2 Å². The fourth-order valence-electron chi connectivity index (χ4n) is 5.65. The number of unbranched alkanes of at least 4 members (excludes halogenated alkanes) is 6. The van der Waals surface area contributed by atoms with Gasteiger partial charge in [0.25, 0.3) is 0 Å². The topological polar surface area (TPSA) is 65.0 Å². The van der Waals surface area contributed by atoms with Crippen molar-refractivity contribution in [2.75, 3.05) is 38.5 Å². The van der Waals surface area contributed by atoms with Crippen molar-refractivity contribution in [3.63, 3.8) is 0 Å². The van der Waals surface area contributed by atoms with E-state index in [0.717, 1.165) is 67.8 Å². The number of aromatic hydroxyl groups is 1. The fraction of sp³-hybridized carbons (Fsp3) is 0.457. The number of hydrogen-bond donors (Lipinski definition) is 2. The third-order valence-corrected chi connectivity index (χ3v) is 8.03. The maximum absolute atomic E-state index is 13.2. The van der Waals surface area contributed by atoms with Gasteiger partial charge < -0.3 is 19.6 Å². The Morgan fingerprint density at radius 3 is 2.33 bits per heavy atom. The lowest BCUT2D eigenvalue weighted by molar-refractivity contribution is 0.0584. The summed E-state index contributed by atoms with van der Waals surface area (Å²) in [6, 6.07) is 22.4. The van der Waals surface area contributed by atoms with Crippen LogP contribution in [0, 0.1) is 5.82 Å². The summed E-state index contributed by atoms with van der Waals surface area (Å²) in [7, 11) is 2.07. The summed E-state index contributed by atoms with van der Waals surface area (Å²) in [4.78, 5) is 17.4. The van der Waals surface area contributed by atoms with Crippen LogP contribution in [0.4, 0.5) is 14.9 Å². The van der Waals surface area contributed by atoms with Gasteiger partial charge in [0.15, 0.2) is 11.6 Å². The number of piperidine rings is 1. The van der Waals surface area contributed by atoms with E-state index in [0.29, 0.717) is 6.54 Å². The second-order valence-electron chi connectivity index (χ2n) is 11.5. The number of rotatable bonds is 15. The molecule has 1 amide bonds. The standard InChI is InChI=1S/C35H46FN3O3/c1-38(27-28-18-19-32(36)34(40)26-28)22-12-5-3-2-4-6-13-23-39-24-20-30(21-25-39)42-35(41)37-33-17-11-10-16-31(33)29-14-8-7-9-15-29/h7-11,14-19,26,30,40H,2-6,12-13,20-25,27H2,1H3,(H,37,41). The van der Waals surface area contributed by atoms with E-state index in [4.69, 9.17) is 4.74 Å². The summed E-state index contributed by atoms with van der Waals surface area (Å²) >= 11 is 0. The van der Waals surface area contributed by atoms with E-state index in [1.54, 1.807) is 6.07 Å². The maximum atomic E-state index is 13.2. The molecule has 42 heavy (non-hydrogen) atoms. The van der Waals surface area contributed by atoms with Crippen LogP contribution < -0.4 is 5.32 Å². The number of phenolic OH excluding ortho intramolecular Hbond substituents is 1. The van der Waals surface area contributed by atoms with E-state index in [1.165, 1.54) is 50.7 Å². The van der Waals surface area contributed by atoms with Crippen molar-refractivity contribution in [1.82, 2.24) is 9.80 Å². The molecule has 2 N–H and O–H groups in total. The molecule has 0 spiro atoms. The third-order valence-electron chi connectivity index (χ3n) is 8.03. The minimum atomic E-state index is -0.570. The van der Waals surface area contributed by atoms with E-state index in [9.17, 15) is 14.3 Å². The van der Waals surface area contributed by atoms with Crippen LogP contribution in [0.2, 0.25) is 0 Å². The zero-order chi connectivity index (χ0) is 29.6. The molecule has 0 aromatic heterocycles. The van der Waals surface area contributed by atoms with Crippen molar-refractivity contribution in [2.24, 2.45) is 0 Å². The number of likely N-dealkylation sites (tertiary alicyclic amines) is 1. The van der Waals surface area contributed by atoms with E-state index in [1.807, 2.05) is 54.6 Å². The predicted molar refractivity (Wildman–Crippen MR) is 168 cm³/mol. The molecule has 1 heterocycles. The number of nitrogens with zero attached hydrogens (tertiary/aromatic N) is 2.